The van der Waals surface area contributed by atoms with Crippen molar-refractivity contribution in [3.63, 3.8) is 0 Å². The van der Waals surface area contributed by atoms with E-state index in [1.165, 1.54) is 28.4 Å². The van der Waals surface area contributed by atoms with Gasteiger partial charge in [-0.15, -0.1) is 24.5 Å². The first kappa shape index (κ1) is 41.7. The molecule has 3 fully saturated rings. The van der Waals surface area contributed by atoms with Crippen LogP contribution in [0.4, 0.5) is 13.2 Å². The number of allylic oxidation sites excluding steroid dienone is 2. The Kier molecular flexibility index (Phi) is 11.0. The molecule has 5 atom stereocenters. The van der Waals surface area contributed by atoms with E-state index in [1.807, 2.05) is 25.1 Å². The summed E-state index contributed by atoms with van der Waals surface area (Å²) in [5.41, 5.74) is -1.19. The van der Waals surface area contributed by atoms with E-state index in [0.717, 1.165) is 23.8 Å². The number of thiophene rings is 1. The molecular weight excluding hydrogens is 822 g/mol. The number of carbonyl (C=O) groups excluding carboxylic acids is 4. The number of amides is 3. The average molecular weight is 867 g/mol. The lowest BCUT2D eigenvalue weighted by Crippen LogP contribution is -2.52. The average Bonchev–Trinajstić information content (AvgIpc) is 3.99. The predicted octanol–water partition coefficient (Wildman–Crippen LogP) is 7.29. The van der Waals surface area contributed by atoms with Gasteiger partial charge in [0.1, 0.15) is 17.9 Å². The molecule has 3 amide bonds. The fourth-order valence-corrected chi connectivity index (χ4v) is 10.5. The smallest absolute Gasteiger partial charge is 0.472 e. The number of ether oxygens (including phenoxy) is 2. The number of nitrogens with zero attached hydrogens (tertiary/aromatic N) is 2. The van der Waals surface area contributed by atoms with Crippen molar-refractivity contribution in [1.29, 1.82) is 0 Å². The number of rotatable bonds is 8. The third-order valence-electron chi connectivity index (χ3n) is 12.3. The zero-order valence-electron chi connectivity index (χ0n) is 33.0. The number of pyridine rings is 1. The van der Waals surface area contributed by atoms with Gasteiger partial charge in [-0.3, -0.25) is 23.9 Å². The summed E-state index contributed by atoms with van der Waals surface area (Å²) in [6.07, 6.45) is 1.85. The number of aromatic nitrogens is 1. The van der Waals surface area contributed by atoms with E-state index in [1.54, 1.807) is 37.3 Å². The summed E-state index contributed by atoms with van der Waals surface area (Å²) >= 11 is 1.29. The molecule has 17 heteroatoms. The Morgan fingerprint density at radius 3 is 2.48 bits per heavy atom. The second kappa shape index (κ2) is 15.8. The van der Waals surface area contributed by atoms with E-state index in [-0.39, 0.29) is 37.2 Å². The number of aryl methyl sites for hydroxylation is 1. The monoisotopic (exact) mass is 866 g/mol. The molecule has 0 radical (unpaired) electrons. The van der Waals surface area contributed by atoms with Crippen LogP contribution in [-0.4, -0.2) is 77.6 Å². The quantitative estimate of drug-likeness (QED) is 0.137. The number of halogens is 3. The van der Waals surface area contributed by atoms with Crippen molar-refractivity contribution < 1.29 is 50.2 Å². The maximum atomic E-state index is 14.7. The molecule has 0 spiro atoms. The highest BCUT2D eigenvalue weighted by molar-refractivity contribution is 7.91. The lowest BCUT2D eigenvalue weighted by Gasteiger charge is -2.29. The molecule has 60 heavy (non-hydrogen) atoms. The number of nitrogens with one attached hydrogen (secondary N) is 2. The normalized spacial score (nSPS) is 26.3. The Morgan fingerprint density at radius 1 is 1.00 bits per heavy atom. The number of Topliss-reactive ketones (excluding diaryl/α,β-unsaturated/α-hetero) is 1. The Labute approximate surface area is 348 Å². The molecule has 1 saturated heterocycles. The van der Waals surface area contributed by atoms with Gasteiger partial charge in [0, 0.05) is 34.6 Å². The molecule has 8 rings (SSSR count). The number of alkyl halides is 3. The maximum Gasteiger partial charge on any atom is 0.573 e. The first-order chi connectivity index (χ1) is 28.4. The molecule has 4 aromatic rings. The van der Waals surface area contributed by atoms with Gasteiger partial charge >= 0.3 is 6.36 Å². The highest BCUT2D eigenvalue weighted by Gasteiger charge is 2.62. The lowest BCUT2D eigenvalue weighted by atomic mass is 9.91. The molecular formula is C43H45F3N4O8S2. The maximum absolute atomic E-state index is 14.7. The molecule has 2 N–H and O–H groups in total. The van der Waals surface area contributed by atoms with Crippen molar-refractivity contribution in [3.8, 4) is 11.6 Å². The van der Waals surface area contributed by atoms with E-state index in [9.17, 15) is 40.8 Å². The van der Waals surface area contributed by atoms with Crippen LogP contribution in [0.2, 0.25) is 0 Å². The van der Waals surface area contributed by atoms with Gasteiger partial charge in [0.2, 0.25) is 27.7 Å². The summed E-state index contributed by atoms with van der Waals surface area (Å²) in [6.45, 7) is 3.33. The van der Waals surface area contributed by atoms with E-state index in [2.05, 4.69) is 19.8 Å². The van der Waals surface area contributed by atoms with Gasteiger partial charge in [0.05, 0.1) is 33.1 Å². The first-order valence-corrected chi connectivity index (χ1v) is 22.4. The van der Waals surface area contributed by atoms with E-state index in [0.29, 0.717) is 53.1 Å². The Morgan fingerprint density at radius 2 is 1.77 bits per heavy atom. The largest absolute Gasteiger partial charge is 0.573 e. The summed E-state index contributed by atoms with van der Waals surface area (Å²) in [5.74, 6) is -2.94. The minimum atomic E-state index is -4.93. The molecule has 2 aliphatic carbocycles. The Bertz CT molecular complexity index is 2520. The molecule has 4 aliphatic rings. The van der Waals surface area contributed by atoms with Crippen LogP contribution in [0.1, 0.15) is 85.7 Å². The van der Waals surface area contributed by atoms with Crippen molar-refractivity contribution in [1.82, 2.24) is 19.9 Å². The van der Waals surface area contributed by atoms with Gasteiger partial charge in [-0.05, 0) is 94.0 Å². The Balaban J connectivity index is 1.13. The van der Waals surface area contributed by atoms with Crippen LogP contribution in [0, 0.1) is 18.3 Å². The zero-order chi connectivity index (χ0) is 42.6. The van der Waals surface area contributed by atoms with E-state index < -0.39 is 79.9 Å². The third-order valence-corrected chi connectivity index (χ3v) is 15.4. The summed E-state index contributed by atoms with van der Waals surface area (Å²) < 4.78 is 77.9. The van der Waals surface area contributed by atoms with Gasteiger partial charge < -0.3 is 19.7 Å². The van der Waals surface area contributed by atoms with Gasteiger partial charge in [-0.2, -0.15) is 0 Å². The molecule has 0 unspecified atom stereocenters. The molecule has 4 heterocycles. The number of carbonyl (C=O) groups is 4. The van der Waals surface area contributed by atoms with Crippen molar-refractivity contribution in [2.45, 2.75) is 107 Å². The number of sulfonamides is 1. The van der Waals surface area contributed by atoms with Crippen LogP contribution >= 0.6 is 11.3 Å². The van der Waals surface area contributed by atoms with Crippen LogP contribution < -0.4 is 19.5 Å². The number of hydrogen-bond donors (Lipinski definition) is 2. The molecule has 12 nitrogen and oxygen atoms in total. The fraction of sp³-hybridized carbons (Fsp3) is 0.465. The summed E-state index contributed by atoms with van der Waals surface area (Å²) in [6, 6.07) is 12.3. The molecule has 0 bridgehead atoms. The van der Waals surface area contributed by atoms with Gasteiger partial charge in [0.25, 0.3) is 5.91 Å². The van der Waals surface area contributed by atoms with Crippen LogP contribution in [0.3, 0.4) is 0 Å². The van der Waals surface area contributed by atoms with Crippen molar-refractivity contribution in [2.24, 2.45) is 11.3 Å². The zero-order valence-corrected chi connectivity index (χ0v) is 34.7. The SMILES string of the molecule is Cc1ccc(C(=O)N[C@H]2CCCCC/C=C\[C@@H]3C[C@@]3(C(=O)NS(=O)(=O)C3(C)CC3)CC(=O)[C@@H]3C[C@@H](Oc4nc5cc(OC(F)(F)F)ccc5c5ccccc45)CN3C2=O)s1. The number of fused-ring (bicyclic) bond motifs is 5. The minimum Gasteiger partial charge on any atom is -0.472 e. The van der Waals surface area contributed by atoms with Crippen molar-refractivity contribution in [3.05, 3.63) is 76.5 Å². The molecule has 2 aromatic heterocycles. The summed E-state index contributed by atoms with van der Waals surface area (Å²) in [5, 5.41) is 4.64. The van der Waals surface area contributed by atoms with E-state index in [4.69, 9.17) is 4.74 Å². The van der Waals surface area contributed by atoms with Crippen LogP contribution in [-0.2, 0) is 24.4 Å². The van der Waals surface area contributed by atoms with Gasteiger partial charge in [0.15, 0.2) is 5.78 Å². The number of benzene rings is 2. The lowest BCUT2D eigenvalue weighted by molar-refractivity contribution is -0.274. The highest BCUT2D eigenvalue weighted by Crippen LogP contribution is 2.57. The summed E-state index contributed by atoms with van der Waals surface area (Å²) in [4.78, 5) is 64.2. The fourth-order valence-electron chi connectivity index (χ4n) is 8.42. The Hall–Kier alpha value is -5.03. The van der Waals surface area contributed by atoms with Crippen molar-refractivity contribution >= 4 is 66.5 Å². The standard InChI is InChI=1S/C43H45F3N4O8S2/c1-25-14-17-36(59-25)37(52)47-32-13-7-5-3-4-6-10-26-22-42(26,40(54)49-60(55,56)41(2)18-19-41)23-35(51)34-21-28(24-50(34)39(32)53)57-38-31-12-9-8-11-29(31)30-16-15-27(20-33(30)48-38)58-43(44,45)46/h6,8-12,14-17,20,26,28,32,34H,3-5,7,13,18-19,21-24H2,1-2H3,(H,47,52)(H,49,54)/b10-6-/t26-,28-,32+,34+,42-/m1/s1. The minimum absolute atomic E-state index is 0.0325. The van der Waals surface area contributed by atoms with Crippen molar-refractivity contribution in [2.75, 3.05) is 6.54 Å². The molecule has 2 aromatic carbocycles. The topological polar surface area (TPSA) is 161 Å². The van der Waals surface area contributed by atoms with Gasteiger partial charge in [-0.1, -0.05) is 43.2 Å². The highest BCUT2D eigenvalue weighted by atomic mass is 32.2. The van der Waals surface area contributed by atoms with Crippen LogP contribution in [0.15, 0.2) is 66.7 Å². The second-order valence-corrected chi connectivity index (χ2v) is 20.2. The number of hydrogen-bond acceptors (Lipinski definition) is 10. The first-order valence-electron chi connectivity index (χ1n) is 20.1. The summed E-state index contributed by atoms with van der Waals surface area (Å²) in [7, 11) is -4.01. The predicted molar refractivity (Wildman–Crippen MR) is 218 cm³/mol. The molecule has 2 aliphatic heterocycles. The van der Waals surface area contributed by atoms with Crippen LogP contribution in [0.5, 0.6) is 11.6 Å². The molecule has 2 saturated carbocycles. The third kappa shape index (κ3) is 8.47. The van der Waals surface area contributed by atoms with Crippen LogP contribution in [0.25, 0.3) is 21.7 Å². The molecule has 318 valence electrons. The van der Waals surface area contributed by atoms with E-state index >= 15 is 0 Å². The van der Waals surface area contributed by atoms with Gasteiger partial charge in [-0.25, -0.2) is 13.4 Å². The second-order valence-electron chi connectivity index (χ2n) is 16.7. The number of ketones is 1.